The van der Waals surface area contributed by atoms with E-state index in [2.05, 4.69) is 50.3 Å². The van der Waals surface area contributed by atoms with E-state index in [1.54, 1.807) is 0 Å². The molecule has 0 heterocycles. The molecule has 2 atom stereocenters. The molecule has 9 nitrogen and oxygen atoms in total. The van der Waals surface area contributed by atoms with E-state index in [1.165, 1.54) is 173 Å². The Morgan fingerprint density at radius 2 is 0.806 bits per heavy atom. The highest BCUT2D eigenvalue weighted by Gasteiger charge is 2.27. The largest absolute Gasteiger partial charge is 0.472 e. The van der Waals surface area contributed by atoms with Gasteiger partial charge in [-0.05, 0) is 51.4 Å². The third-order valence-corrected chi connectivity index (χ3v) is 13.4. The summed E-state index contributed by atoms with van der Waals surface area (Å²) in [6.07, 6.45) is 59.1. The second kappa shape index (κ2) is 49.2. The first-order valence-electron chi connectivity index (χ1n) is 28.2. The standard InChI is InChI=1S/C57H108NO8P/c1-6-8-10-12-14-16-18-20-22-24-26-28-29-30-32-34-36-38-40-42-44-46-48-50-57(60)66-55(54-65-67(61,62)64-52-51-58(3,4)5)53-63-56(59)49-47-45-43-41-39-37-35-33-31-27-25-23-21-19-17-15-13-11-9-7-2/h18,20,24,26,29-30,55H,6-17,19,21-23,25,27-28,31-54H2,1-5H3/p+1/b20-18-,26-24-,30-29-. The summed E-state index contributed by atoms with van der Waals surface area (Å²) in [6.45, 7) is 4.45. The lowest BCUT2D eigenvalue weighted by atomic mass is 10.0. The quantitative estimate of drug-likeness (QED) is 0.0211. The van der Waals surface area contributed by atoms with Gasteiger partial charge in [0.25, 0.3) is 0 Å². The van der Waals surface area contributed by atoms with Gasteiger partial charge < -0.3 is 18.9 Å². The molecule has 0 fully saturated rings. The van der Waals surface area contributed by atoms with E-state index in [1.807, 2.05) is 21.1 Å². The Hall–Kier alpha value is -1.77. The van der Waals surface area contributed by atoms with Crippen LogP contribution in [0.2, 0.25) is 0 Å². The number of ether oxygens (including phenoxy) is 2. The van der Waals surface area contributed by atoms with Crippen LogP contribution in [0.3, 0.4) is 0 Å². The minimum absolute atomic E-state index is 0.0313. The van der Waals surface area contributed by atoms with Crippen molar-refractivity contribution in [2.24, 2.45) is 0 Å². The van der Waals surface area contributed by atoms with Gasteiger partial charge in [-0.25, -0.2) is 4.57 Å². The number of hydrogen-bond acceptors (Lipinski definition) is 7. The Morgan fingerprint density at radius 3 is 1.19 bits per heavy atom. The topological polar surface area (TPSA) is 108 Å². The Balaban J connectivity index is 4.19. The van der Waals surface area contributed by atoms with Gasteiger partial charge >= 0.3 is 19.8 Å². The smallest absolute Gasteiger partial charge is 0.462 e. The first kappa shape index (κ1) is 65.2. The maximum Gasteiger partial charge on any atom is 0.472 e. The average Bonchev–Trinajstić information content (AvgIpc) is 3.29. The van der Waals surface area contributed by atoms with Crippen molar-refractivity contribution in [1.82, 2.24) is 0 Å². The number of phosphoric acid groups is 1. The summed E-state index contributed by atoms with van der Waals surface area (Å²) >= 11 is 0. The molecule has 67 heavy (non-hydrogen) atoms. The first-order valence-corrected chi connectivity index (χ1v) is 29.7. The summed E-state index contributed by atoms with van der Waals surface area (Å²) in [4.78, 5) is 35.6. The maximum absolute atomic E-state index is 12.8. The average molecular weight is 967 g/mol. The van der Waals surface area contributed by atoms with Crippen LogP contribution in [0.1, 0.15) is 264 Å². The molecule has 0 saturated carbocycles. The fourth-order valence-electron chi connectivity index (χ4n) is 8.02. The van der Waals surface area contributed by atoms with E-state index in [4.69, 9.17) is 18.5 Å². The van der Waals surface area contributed by atoms with Crippen LogP contribution >= 0.6 is 7.82 Å². The molecule has 0 amide bonds. The molecule has 0 aromatic rings. The number of carbonyl (C=O) groups excluding carboxylic acids is 2. The van der Waals surface area contributed by atoms with Gasteiger partial charge in [-0.2, -0.15) is 0 Å². The van der Waals surface area contributed by atoms with Crippen molar-refractivity contribution in [3.8, 4) is 0 Å². The molecule has 0 saturated heterocycles. The van der Waals surface area contributed by atoms with Crippen LogP contribution in [-0.4, -0.2) is 74.9 Å². The molecule has 0 bridgehead atoms. The van der Waals surface area contributed by atoms with Crippen molar-refractivity contribution in [3.63, 3.8) is 0 Å². The Labute approximate surface area is 414 Å². The van der Waals surface area contributed by atoms with Crippen molar-refractivity contribution in [2.75, 3.05) is 47.5 Å². The zero-order valence-corrected chi connectivity index (χ0v) is 45.5. The molecule has 10 heteroatoms. The summed E-state index contributed by atoms with van der Waals surface area (Å²) in [5, 5.41) is 0. The molecule has 1 N–H and O–H groups in total. The van der Waals surface area contributed by atoms with E-state index < -0.39 is 26.5 Å². The van der Waals surface area contributed by atoms with Gasteiger partial charge in [0.1, 0.15) is 19.8 Å². The lowest BCUT2D eigenvalue weighted by Gasteiger charge is -2.24. The highest BCUT2D eigenvalue weighted by molar-refractivity contribution is 7.47. The predicted molar refractivity (Wildman–Crippen MR) is 284 cm³/mol. The number of carbonyl (C=O) groups is 2. The van der Waals surface area contributed by atoms with E-state index >= 15 is 0 Å². The van der Waals surface area contributed by atoms with Gasteiger partial charge in [0.2, 0.25) is 0 Å². The molecule has 0 aromatic heterocycles. The lowest BCUT2D eigenvalue weighted by Crippen LogP contribution is -2.37. The van der Waals surface area contributed by atoms with E-state index in [9.17, 15) is 19.0 Å². The van der Waals surface area contributed by atoms with Crippen molar-refractivity contribution >= 4 is 19.8 Å². The highest BCUT2D eigenvalue weighted by Crippen LogP contribution is 2.43. The number of allylic oxidation sites excluding steroid dienone is 6. The second-order valence-electron chi connectivity index (χ2n) is 20.3. The van der Waals surface area contributed by atoms with Crippen molar-refractivity contribution < 1.29 is 42.1 Å². The van der Waals surface area contributed by atoms with Crippen LogP contribution in [0.25, 0.3) is 0 Å². The van der Waals surface area contributed by atoms with Crippen LogP contribution in [0.4, 0.5) is 0 Å². The zero-order chi connectivity index (χ0) is 49.2. The fraction of sp³-hybridized carbons (Fsp3) is 0.860. The van der Waals surface area contributed by atoms with Crippen molar-refractivity contribution in [1.29, 1.82) is 0 Å². The molecule has 0 spiro atoms. The normalized spacial score (nSPS) is 13.6. The van der Waals surface area contributed by atoms with Gasteiger partial charge in [0.15, 0.2) is 6.10 Å². The summed E-state index contributed by atoms with van der Waals surface area (Å²) in [5.74, 6) is -0.794. The van der Waals surface area contributed by atoms with Crippen molar-refractivity contribution in [3.05, 3.63) is 36.5 Å². The number of unbranched alkanes of at least 4 members (excludes halogenated alkanes) is 32. The summed E-state index contributed by atoms with van der Waals surface area (Å²) < 4.78 is 34.5. The molecule has 0 aliphatic rings. The highest BCUT2D eigenvalue weighted by atomic mass is 31.2. The van der Waals surface area contributed by atoms with Gasteiger partial charge in [-0.3, -0.25) is 18.6 Å². The van der Waals surface area contributed by atoms with Crippen molar-refractivity contribution in [2.45, 2.75) is 270 Å². The number of quaternary nitrogens is 1. The molecule has 0 aliphatic heterocycles. The number of hydrogen-bond donors (Lipinski definition) is 1. The predicted octanol–water partition coefficient (Wildman–Crippen LogP) is 17.2. The molecular formula is C57H109NO8P+. The van der Waals surface area contributed by atoms with Gasteiger partial charge in [0, 0.05) is 12.8 Å². The van der Waals surface area contributed by atoms with Crippen LogP contribution in [0, 0.1) is 0 Å². The van der Waals surface area contributed by atoms with Gasteiger partial charge in [-0.1, -0.05) is 237 Å². The third kappa shape index (κ3) is 53.4. The van der Waals surface area contributed by atoms with E-state index in [-0.39, 0.29) is 25.6 Å². The summed E-state index contributed by atoms with van der Waals surface area (Å²) in [6, 6.07) is 0. The Morgan fingerprint density at radius 1 is 0.463 bits per heavy atom. The molecule has 2 unspecified atom stereocenters. The maximum atomic E-state index is 12.8. The minimum atomic E-state index is -4.38. The number of esters is 2. The molecule has 0 rings (SSSR count). The fourth-order valence-corrected chi connectivity index (χ4v) is 8.77. The van der Waals surface area contributed by atoms with Gasteiger partial charge in [-0.15, -0.1) is 0 Å². The monoisotopic (exact) mass is 967 g/mol. The Bertz CT molecular complexity index is 1230. The number of nitrogens with zero attached hydrogens (tertiary/aromatic N) is 1. The molecule has 0 aromatic carbocycles. The second-order valence-corrected chi connectivity index (χ2v) is 21.8. The van der Waals surface area contributed by atoms with E-state index in [0.29, 0.717) is 23.9 Å². The molecular weight excluding hydrogens is 858 g/mol. The van der Waals surface area contributed by atoms with Gasteiger partial charge in [0.05, 0.1) is 27.7 Å². The number of likely N-dealkylation sites (N-methyl/N-ethyl adjacent to an activating group) is 1. The van der Waals surface area contributed by atoms with E-state index in [0.717, 1.165) is 57.8 Å². The van der Waals surface area contributed by atoms with Crippen LogP contribution < -0.4 is 0 Å². The van der Waals surface area contributed by atoms with Crippen LogP contribution in [-0.2, 0) is 32.7 Å². The SMILES string of the molecule is CCCCCCC/C=C\C/C=C\C/C=C\CCCCCCCCCCC(=O)OC(COC(=O)CCCCCCCCCCCCCCCCCCCCCC)COP(=O)(O)OCC[N+](C)(C)C. The minimum Gasteiger partial charge on any atom is -0.462 e. The molecule has 394 valence electrons. The third-order valence-electron chi connectivity index (χ3n) is 12.4. The number of phosphoric ester groups is 1. The first-order chi connectivity index (χ1) is 32.5. The lowest BCUT2D eigenvalue weighted by molar-refractivity contribution is -0.870. The van der Waals surface area contributed by atoms with Crippen LogP contribution in [0.15, 0.2) is 36.5 Å². The van der Waals surface area contributed by atoms with Crippen LogP contribution in [0.5, 0.6) is 0 Å². The number of rotatable bonds is 52. The molecule has 0 radical (unpaired) electrons. The Kier molecular flexibility index (Phi) is 47.9. The summed E-state index contributed by atoms with van der Waals surface area (Å²) in [7, 11) is 1.48. The molecule has 0 aliphatic carbocycles. The summed E-state index contributed by atoms with van der Waals surface area (Å²) in [5.41, 5.74) is 0. The zero-order valence-electron chi connectivity index (χ0n) is 44.6.